The van der Waals surface area contributed by atoms with Crippen LogP contribution in [0.25, 0.3) is 0 Å². The van der Waals surface area contributed by atoms with E-state index in [-0.39, 0.29) is 24.0 Å². The first kappa shape index (κ1) is 22.3. The highest BCUT2D eigenvalue weighted by atomic mass is 127. The molecular weight excluding hydrogens is 407 g/mol. The molecule has 0 aromatic heterocycles. The molecule has 0 aromatic rings. The molecule has 2 unspecified atom stereocenters. The third-order valence-corrected chi connectivity index (χ3v) is 5.49. The largest absolute Gasteiger partial charge is 0.356 e. The highest BCUT2D eigenvalue weighted by Gasteiger charge is 2.24. The first-order valence-electron chi connectivity index (χ1n) is 8.27. The Bertz CT molecular complexity index is 313. The van der Waals surface area contributed by atoms with Gasteiger partial charge in [0, 0.05) is 30.9 Å². The second-order valence-electron chi connectivity index (χ2n) is 6.29. The highest BCUT2D eigenvalue weighted by Crippen LogP contribution is 2.27. The molecule has 1 aliphatic rings. The summed E-state index contributed by atoms with van der Waals surface area (Å²) in [5.41, 5.74) is 0. The minimum absolute atomic E-state index is 0. The molecule has 0 radical (unpaired) electrons. The smallest absolute Gasteiger partial charge is 0.191 e. The van der Waals surface area contributed by atoms with E-state index < -0.39 is 0 Å². The lowest BCUT2D eigenvalue weighted by Crippen LogP contribution is -2.43. The maximum absolute atomic E-state index is 4.34. The molecule has 0 bridgehead atoms. The van der Waals surface area contributed by atoms with Crippen LogP contribution in [0.1, 0.15) is 46.0 Å². The maximum atomic E-state index is 4.34. The Labute approximate surface area is 158 Å². The van der Waals surface area contributed by atoms with Gasteiger partial charge in [0.15, 0.2) is 5.96 Å². The van der Waals surface area contributed by atoms with Gasteiger partial charge in [0.05, 0.1) is 0 Å². The van der Waals surface area contributed by atoms with Gasteiger partial charge in [0.1, 0.15) is 0 Å². The third kappa shape index (κ3) is 8.82. The van der Waals surface area contributed by atoms with Gasteiger partial charge < -0.3 is 15.5 Å². The SMILES string of the molecule is CN=C(NCCCCN(C)C(C)C)NC1CCC(SC)C1.I. The van der Waals surface area contributed by atoms with Crippen LogP contribution in [0.4, 0.5) is 0 Å². The predicted molar refractivity (Wildman–Crippen MR) is 112 cm³/mol. The van der Waals surface area contributed by atoms with E-state index in [4.69, 9.17) is 0 Å². The number of halogens is 1. The standard InChI is InChI=1S/C16H34N4S.HI/c1-13(2)20(4)11-7-6-10-18-16(17-3)19-14-8-9-15(12-14)21-5;/h13-15H,6-12H2,1-5H3,(H2,17,18,19);1H. The summed E-state index contributed by atoms with van der Waals surface area (Å²) >= 11 is 2.00. The number of thioether (sulfide) groups is 1. The fourth-order valence-corrected chi connectivity index (χ4v) is 3.42. The van der Waals surface area contributed by atoms with Gasteiger partial charge in [-0.2, -0.15) is 11.8 Å². The molecule has 132 valence electrons. The summed E-state index contributed by atoms with van der Waals surface area (Å²) in [6, 6.07) is 1.24. The molecule has 0 spiro atoms. The van der Waals surface area contributed by atoms with Crippen molar-refractivity contribution in [1.29, 1.82) is 0 Å². The Morgan fingerprint density at radius 1 is 1.32 bits per heavy atom. The Morgan fingerprint density at radius 2 is 2.05 bits per heavy atom. The molecule has 1 fully saturated rings. The Hall–Kier alpha value is 0.310. The lowest BCUT2D eigenvalue weighted by molar-refractivity contribution is 0.268. The highest BCUT2D eigenvalue weighted by molar-refractivity contribution is 14.0. The van der Waals surface area contributed by atoms with Crippen LogP contribution in [0, 0.1) is 0 Å². The zero-order chi connectivity index (χ0) is 15.7. The van der Waals surface area contributed by atoms with E-state index in [0.717, 1.165) is 17.8 Å². The van der Waals surface area contributed by atoms with Gasteiger partial charge in [0.2, 0.25) is 0 Å². The van der Waals surface area contributed by atoms with Gasteiger partial charge in [0.25, 0.3) is 0 Å². The quantitative estimate of drug-likeness (QED) is 0.262. The number of aliphatic imine (C=N–C) groups is 1. The number of hydrogen-bond donors (Lipinski definition) is 2. The summed E-state index contributed by atoms with van der Waals surface area (Å²) in [6.45, 7) is 6.66. The van der Waals surface area contributed by atoms with Crippen LogP contribution in [0.5, 0.6) is 0 Å². The van der Waals surface area contributed by atoms with Crippen LogP contribution >= 0.6 is 35.7 Å². The summed E-state index contributed by atoms with van der Waals surface area (Å²) in [5, 5.41) is 7.83. The second kappa shape index (κ2) is 12.7. The number of hydrogen-bond acceptors (Lipinski definition) is 3. The van der Waals surface area contributed by atoms with Crippen LogP contribution in [-0.4, -0.2) is 61.6 Å². The lowest BCUT2D eigenvalue weighted by Gasteiger charge is -2.21. The summed E-state index contributed by atoms with van der Waals surface area (Å²) in [5.74, 6) is 0.971. The molecule has 22 heavy (non-hydrogen) atoms. The molecule has 1 saturated carbocycles. The van der Waals surface area contributed by atoms with Crippen molar-refractivity contribution in [3.8, 4) is 0 Å². The lowest BCUT2D eigenvalue weighted by atomic mass is 10.2. The number of nitrogens with zero attached hydrogens (tertiary/aromatic N) is 2. The minimum Gasteiger partial charge on any atom is -0.356 e. The Balaban J connectivity index is 0.00000441. The van der Waals surface area contributed by atoms with Crippen molar-refractivity contribution >= 4 is 41.7 Å². The van der Waals surface area contributed by atoms with Crippen molar-refractivity contribution in [1.82, 2.24) is 15.5 Å². The van der Waals surface area contributed by atoms with Gasteiger partial charge in [-0.05, 0) is 65.8 Å². The molecule has 4 nitrogen and oxygen atoms in total. The van der Waals surface area contributed by atoms with Crippen LogP contribution in [0.15, 0.2) is 4.99 Å². The van der Waals surface area contributed by atoms with E-state index in [9.17, 15) is 0 Å². The first-order chi connectivity index (χ1) is 10.1. The predicted octanol–water partition coefficient (Wildman–Crippen LogP) is 3.17. The second-order valence-corrected chi connectivity index (χ2v) is 7.43. The van der Waals surface area contributed by atoms with Crippen molar-refractivity contribution < 1.29 is 0 Å². The molecule has 0 heterocycles. The molecular formula is C16H35IN4S. The number of nitrogens with one attached hydrogen (secondary N) is 2. The summed E-state index contributed by atoms with van der Waals surface area (Å²) in [4.78, 5) is 6.74. The zero-order valence-electron chi connectivity index (χ0n) is 14.9. The van der Waals surface area contributed by atoms with Crippen molar-refractivity contribution in [3.63, 3.8) is 0 Å². The van der Waals surface area contributed by atoms with Crippen LogP contribution < -0.4 is 10.6 Å². The zero-order valence-corrected chi connectivity index (χ0v) is 18.0. The van der Waals surface area contributed by atoms with E-state index >= 15 is 0 Å². The summed E-state index contributed by atoms with van der Waals surface area (Å²) in [6.07, 6.45) is 8.50. The molecule has 0 aromatic carbocycles. The molecule has 2 N–H and O–H groups in total. The van der Waals surface area contributed by atoms with E-state index in [2.05, 4.69) is 47.7 Å². The van der Waals surface area contributed by atoms with Crippen molar-refractivity contribution in [2.45, 2.75) is 63.3 Å². The van der Waals surface area contributed by atoms with E-state index in [1.807, 2.05) is 18.8 Å². The van der Waals surface area contributed by atoms with E-state index in [1.165, 1.54) is 38.6 Å². The normalized spacial score (nSPS) is 22.0. The topological polar surface area (TPSA) is 39.7 Å². The fraction of sp³-hybridized carbons (Fsp3) is 0.938. The van der Waals surface area contributed by atoms with Crippen LogP contribution in [-0.2, 0) is 0 Å². The molecule has 1 aliphatic carbocycles. The molecule has 0 amide bonds. The van der Waals surface area contributed by atoms with Crippen molar-refractivity contribution in [2.24, 2.45) is 4.99 Å². The van der Waals surface area contributed by atoms with Gasteiger partial charge in [-0.15, -0.1) is 24.0 Å². The minimum atomic E-state index is 0. The summed E-state index contributed by atoms with van der Waals surface area (Å²) < 4.78 is 0. The van der Waals surface area contributed by atoms with Crippen LogP contribution in [0.2, 0.25) is 0 Å². The van der Waals surface area contributed by atoms with Gasteiger partial charge >= 0.3 is 0 Å². The fourth-order valence-electron chi connectivity index (χ4n) is 2.62. The number of unbranched alkanes of at least 4 members (excludes halogenated alkanes) is 1. The van der Waals surface area contributed by atoms with Crippen molar-refractivity contribution in [2.75, 3.05) is 33.4 Å². The first-order valence-corrected chi connectivity index (χ1v) is 9.55. The monoisotopic (exact) mass is 442 g/mol. The Kier molecular flexibility index (Phi) is 12.9. The third-order valence-electron chi connectivity index (χ3n) is 4.39. The molecule has 0 aliphatic heterocycles. The number of guanidine groups is 1. The summed E-state index contributed by atoms with van der Waals surface area (Å²) in [7, 11) is 4.06. The van der Waals surface area contributed by atoms with Crippen LogP contribution in [0.3, 0.4) is 0 Å². The van der Waals surface area contributed by atoms with E-state index in [1.54, 1.807) is 0 Å². The number of rotatable bonds is 8. The molecule has 6 heteroatoms. The molecule has 0 saturated heterocycles. The molecule has 1 rings (SSSR count). The van der Waals surface area contributed by atoms with Gasteiger partial charge in [-0.3, -0.25) is 4.99 Å². The average Bonchev–Trinajstić information content (AvgIpc) is 2.92. The van der Waals surface area contributed by atoms with Gasteiger partial charge in [-0.25, -0.2) is 0 Å². The van der Waals surface area contributed by atoms with Crippen molar-refractivity contribution in [3.05, 3.63) is 0 Å². The molecule has 2 atom stereocenters. The Morgan fingerprint density at radius 3 is 2.59 bits per heavy atom. The van der Waals surface area contributed by atoms with E-state index in [0.29, 0.717) is 12.1 Å². The maximum Gasteiger partial charge on any atom is 0.191 e. The average molecular weight is 442 g/mol. The van der Waals surface area contributed by atoms with Gasteiger partial charge in [-0.1, -0.05) is 0 Å².